The Balaban J connectivity index is 2.97. The molecule has 0 bridgehead atoms. The lowest BCUT2D eigenvalue weighted by atomic mass is 10.00. The topological polar surface area (TPSA) is 116 Å². The maximum absolute atomic E-state index is 12.8. The van der Waals surface area contributed by atoms with Crippen LogP contribution in [0.3, 0.4) is 0 Å². The van der Waals surface area contributed by atoms with Crippen LogP contribution in [-0.2, 0) is 9.59 Å². The highest BCUT2D eigenvalue weighted by Crippen LogP contribution is 2.24. The van der Waals surface area contributed by atoms with Gasteiger partial charge in [0.2, 0.25) is 5.91 Å². The molecule has 1 rings (SSSR count). The molecule has 0 aromatic heterocycles. The Morgan fingerprint density at radius 1 is 1.29 bits per heavy atom. The normalized spacial score (nSPS) is 23.7. The number of carboxylic acids is 1. The number of nitrogens with one attached hydrogen (secondary N) is 1. The number of rotatable bonds is 6. The molecule has 8 nitrogen and oxygen atoms in total. The fraction of sp³-hybridized carbons (Fsp3) is 0.812. The molecule has 0 aromatic rings. The van der Waals surface area contributed by atoms with Crippen LogP contribution in [0.5, 0.6) is 0 Å². The van der Waals surface area contributed by atoms with Crippen LogP contribution in [0.2, 0.25) is 0 Å². The van der Waals surface area contributed by atoms with Crippen LogP contribution in [0.1, 0.15) is 34.6 Å². The molecule has 0 radical (unpaired) electrons. The number of aliphatic carboxylic acids is 1. The summed E-state index contributed by atoms with van der Waals surface area (Å²) in [5.74, 6) is -2.19. The molecule has 4 N–H and O–H groups in total. The van der Waals surface area contributed by atoms with E-state index in [1.165, 1.54) is 4.90 Å². The van der Waals surface area contributed by atoms with Crippen molar-refractivity contribution in [2.75, 3.05) is 19.6 Å². The van der Waals surface area contributed by atoms with Crippen LogP contribution < -0.4 is 11.1 Å². The molecule has 1 heterocycles. The number of nitrogens with two attached hydrogens (primary N) is 1. The number of carbonyl (C=O) groups is 3. The first-order chi connectivity index (χ1) is 11.1. The third-order valence-electron chi connectivity index (χ3n) is 4.49. The summed E-state index contributed by atoms with van der Waals surface area (Å²) in [6, 6.07) is -1.50. The van der Waals surface area contributed by atoms with Gasteiger partial charge in [0.25, 0.3) is 0 Å². The quantitative estimate of drug-likeness (QED) is 0.643. The first-order valence-electron chi connectivity index (χ1n) is 8.45. The van der Waals surface area contributed by atoms with Gasteiger partial charge in [0.15, 0.2) is 0 Å². The molecule has 138 valence electrons. The van der Waals surface area contributed by atoms with E-state index in [-0.39, 0.29) is 37.0 Å². The minimum Gasteiger partial charge on any atom is -0.481 e. The highest BCUT2D eigenvalue weighted by Gasteiger charge is 2.46. The highest BCUT2D eigenvalue weighted by molar-refractivity contribution is 5.80. The lowest BCUT2D eigenvalue weighted by molar-refractivity contribution is -0.141. The van der Waals surface area contributed by atoms with Gasteiger partial charge in [-0.25, -0.2) is 4.79 Å². The lowest BCUT2D eigenvalue weighted by Gasteiger charge is -2.34. The molecule has 1 aliphatic rings. The molecule has 8 heteroatoms. The third kappa shape index (κ3) is 4.37. The van der Waals surface area contributed by atoms with Crippen LogP contribution in [0.25, 0.3) is 0 Å². The molecule has 0 aromatic carbocycles. The van der Waals surface area contributed by atoms with Crippen molar-refractivity contribution in [2.45, 2.75) is 52.7 Å². The van der Waals surface area contributed by atoms with Gasteiger partial charge < -0.3 is 26.0 Å². The van der Waals surface area contributed by atoms with Gasteiger partial charge in [0, 0.05) is 37.6 Å². The zero-order chi connectivity index (χ0) is 18.6. The molecule has 24 heavy (non-hydrogen) atoms. The number of nitrogens with zero attached hydrogens (tertiary/aromatic N) is 2. The average Bonchev–Trinajstić information content (AvgIpc) is 2.81. The van der Waals surface area contributed by atoms with Crippen molar-refractivity contribution in [1.29, 1.82) is 0 Å². The molecular formula is C16H30N4O4. The summed E-state index contributed by atoms with van der Waals surface area (Å²) in [6.45, 7) is 9.95. The number of carboxylic acid groups (broad SMARTS) is 1. The fourth-order valence-electron chi connectivity index (χ4n) is 2.95. The van der Waals surface area contributed by atoms with Crippen molar-refractivity contribution in [1.82, 2.24) is 15.1 Å². The van der Waals surface area contributed by atoms with Crippen molar-refractivity contribution < 1.29 is 19.5 Å². The summed E-state index contributed by atoms with van der Waals surface area (Å²) >= 11 is 0. The van der Waals surface area contributed by atoms with Crippen LogP contribution in [0, 0.1) is 11.8 Å². The Kier molecular flexibility index (Phi) is 7.01. The number of carbonyl (C=O) groups excluding carboxylic acids is 2. The molecule has 1 aliphatic heterocycles. The molecule has 1 fully saturated rings. The van der Waals surface area contributed by atoms with Gasteiger partial charge in [-0.1, -0.05) is 13.8 Å². The van der Waals surface area contributed by atoms with Crippen molar-refractivity contribution in [2.24, 2.45) is 17.6 Å². The maximum Gasteiger partial charge on any atom is 0.320 e. The Bertz CT molecular complexity index is 481. The second kappa shape index (κ2) is 8.32. The van der Waals surface area contributed by atoms with E-state index in [0.717, 1.165) is 0 Å². The largest absolute Gasteiger partial charge is 0.481 e. The van der Waals surface area contributed by atoms with E-state index < -0.39 is 24.0 Å². The Morgan fingerprint density at radius 3 is 2.29 bits per heavy atom. The van der Waals surface area contributed by atoms with E-state index in [1.807, 2.05) is 20.8 Å². The zero-order valence-electron chi connectivity index (χ0n) is 15.2. The molecule has 1 saturated heterocycles. The molecule has 0 spiro atoms. The molecule has 0 saturated carbocycles. The SMILES string of the molecule is CCN(C(=O)N1C[C@@H](C(=O)O)[C@@H](N)[C@@H]1CNC(=O)C(C)C)C(C)C. The van der Waals surface area contributed by atoms with Crippen molar-refractivity contribution in [3.05, 3.63) is 0 Å². The minimum atomic E-state index is -1.02. The van der Waals surface area contributed by atoms with Crippen molar-refractivity contribution >= 4 is 17.9 Å². The van der Waals surface area contributed by atoms with Gasteiger partial charge in [-0.05, 0) is 20.8 Å². The molecule has 0 unspecified atom stereocenters. The molecular weight excluding hydrogens is 312 g/mol. The van der Waals surface area contributed by atoms with Gasteiger partial charge >= 0.3 is 12.0 Å². The van der Waals surface area contributed by atoms with E-state index >= 15 is 0 Å². The first-order valence-corrected chi connectivity index (χ1v) is 8.45. The predicted octanol–water partition coefficient (Wildman–Crippen LogP) is 0.321. The average molecular weight is 342 g/mol. The highest BCUT2D eigenvalue weighted by atomic mass is 16.4. The van der Waals surface area contributed by atoms with Crippen molar-refractivity contribution in [3.63, 3.8) is 0 Å². The van der Waals surface area contributed by atoms with Crippen LogP contribution in [0.4, 0.5) is 4.79 Å². The maximum atomic E-state index is 12.8. The summed E-state index contributed by atoms with van der Waals surface area (Å²) in [6.07, 6.45) is 0. The monoisotopic (exact) mass is 342 g/mol. The number of likely N-dealkylation sites (tertiary alicyclic amines) is 1. The van der Waals surface area contributed by atoms with Crippen LogP contribution >= 0.6 is 0 Å². The summed E-state index contributed by atoms with van der Waals surface area (Å²) in [7, 11) is 0. The lowest BCUT2D eigenvalue weighted by Crippen LogP contribution is -2.54. The second-order valence-electron chi connectivity index (χ2n) is 6.80. The Labute approximate surface area is 143 Å². The van der Waals surface area contributed by atoms with E-state index in [0.29, 0.717) is 6.54 Å². The summed E-state index contributed by atoms with van der Waals surface area (Å²) in [4.78, 5) is 39.2. The van der Waals surface area contributed by atoms with Gasteiger partial charge in [0.05, 0.1) is 12.0 Å². The summed E-state index contributed by atoms with van der Waals surface area (Å²) in [5, 5.41) is 12.1. The number of hydrogen-bond donors (Lipinski definition) is 3. The number of urea groups is 1. The summed E-state index contributed by atoms with van der Waals surface area (Å²) in [5.41, 5.74) is 6.09. The first kappa shape index (κ1) is 20.2. The smallest absolute Gasteiger partial charge is 0.320 e. The van der Waals surface area contributed by atoms with Crippen molar-refractivity contribution in [3.8, 4) is 0 Å². The number of hydrogen-bond acceptors (Lipinski definition) is 4. The predicted molar refractivity (Wildman–Crippen MR) is 90.4 cm³/mol. The number of amides is 3. The van der Waals surface area contributed by atoms with Crippen LogP contribution in [0.15, 0.2) is 0 Å². The van der Waals surface area contributed by atoms with E-state index in [9.17, 15) is 19.5 Å². The van der Waals surface area contributed by atoms with Gasteiger partial charge in [0.1, 0.15) is 0 Å². The second-order valence-corrected chi connectivity index (χ2v) is 6.80. The molecule has 0 aliphatic carbocycles. The molecule has 3 amide bonds. The standard InChI is InChI=1S/C16H30N4O4/c1-6-19(10(4)5)16(24)20-8-11(15(22)23)13(17)12(20)7-18-14(21)9(2)3/h9-13H,6-8,17H2,1-5H3,(H,18,21)(H,22,23)/t11-,12+,13-/m1/s1. The Hall–Kier alpha value is -1.83. The zero-order valence-corrected chi connectivity index (χ0v) is 15.2. The van der Waals surface area contributed by atoms with E-state index in [4.69, 9.17) is 5.73 Å². The molecule has 3 atom stereocenters. The van der Waals surface area contributed by atoms with Gasteiger partial charge in [-0.2, -0.15) is 0 Å². The van der Waals surface area contributed by atoms with E-state index in [1.54, 1.807) is 18.7 Å². The summed E-state index contributed by atoms with van der Waals surface area (Å²) < 4.78 is 0. The fourth-order valence-corrected chi connectivity index (χ4v) is 2.95. The third-order valence-corrected chi connectivity index (χ3v) is 4.49. The van der Waals surface area contributed by atoms with Gasteiger partial charge in [-0.3, -0.25) is 9.59 Å². The van der Waals surface area contributed by atoms with Gasteiger partial charge in [-0.15, -0.1) is 0 Å². The van der Waals surface area contributed by atoms with Crippen LogP contribution in [-0.4, -0.2) is 70.6 Å². The minimum absolute atomic E-state index is 0.00601. The Morgan fingerprint density at radius 2 is 1.88 bits per heavy atom. The van der Waals surface area contributed by atoms with E-state index in [2.05, 4.69) is 5.32 Å².